The summed E-state index contributed by atoms with van der Waals surface area (Å²) >= 11 is 0. The Balaban J connectivity index is 2.40. The number of carbonyl (C=O) groups excluding carboxylic acids is 1. The first-order valence-electron chi connectivity index (χ1n) is 5.52. The van der Waals surface area contributed by atoms with Gasteiger partial charge in [-0.15, -0.1) is 0 Å². The Morgan fingerprint density at radius 3 is 2.06 bits per heavy atom. The Hall–Kier alpha value is -2.42. The molecule has 0 aliphatic heterocycles. The van der Waals surface area contributed by atoms with Gasteiger partial charge in [-0.3, -0.25) is 4.79 Å². The van der Waals surface area contributed by atoms with Gasteiger partial charge in [0, 0.05) is 11.1 Å². The van der Waals surface area contributed by atoms with Crippen molar-refractivity contribution in [3.8, 4) is 0 Å². The Morgan fingerprint density at radius 2 is 1.44 bits per heavy atom. The van der Waals surface area contributed by atoms with Crippen LogP contribution in [0.5, 0.6) is 0 Å². The van der Waals surface area contributed by atoms with Crippen LogP contribution in [-0.2, 0) is 0 Å². The molecule has 0 bridgehead atoms. The molecule has 1 N–H and O–H groups in total. The summed E-state index contributed by atoms with van der Waals surface area (Å²) < 4.78 is 0. The lowest BCUT2D eigenvalue weighted by Gasteiger charge is -2.03. The van der Waals surface area contributed by atoms with Crippen LogP contribution in [0.1, 0.15) is 31.8 Å². The largest absolute Gasteiger partial charge is 0.478 e. The van der Waals surface area contributed by atoms with E-state index in [0.717, 1.165) is 5.56 Å². The van der Waals surface area contributed by atoms with Crippen LogP contribution in [0.25, 0.3) is 0 Å². The number of rotatable bonds is 3. The molecule has 0 spiro atoms. The van der Waals surface area contributed by atoms with E-state index < -0.39 is 5.97 Å². The highest BCUT2D eigenvalue weighted by Crippen LogP contribution is 2.13. The SMILES string of the molecule is Cc1cccc(C(=O)c2cccc(C(=O)O)c2)c1. The van der Waals surface area contributed by atoms with Crippen LogP contribution in [0.2, 0.25) is 0 Å². The molecule has 0 saturated carbocycles. The number of carboxylic acids is 1. The fourth-order valence-corrected chi connectivity index (χ4v) is 1.75. The molecular weight excluding hydrogens is 228 g/mol. The van der Waals surface area contributed by atoms with Crippen molar-refractivity contribution in [2.24, 2.45) is 0 Å². The van der Waals surface area contributed by atoms with Gasteiger partial charge in [0.1, 0.15) is 0 Å². The van der Waals surface area contributed by atoms with E-state index in [1.165, 1.54) is 12.1 Å². The van der Waals surface area contributed by atoms with E-state index in [9.17, 15) is 9.59 Å². The molecule has 0 radical (unpaired) electrons. The molecule has 90 valence electrons. The van der Waals surface area contributed by atoms with Gasteiger partial charge in [0.05, 0.1) is 5.56 Å². The molecule has 0 aliphatic rings. The zero-order chi connectivity index (χ0) is 13.1. The van der Waals surface area contributed by atoms with Gasteiger partial charge in [0.15, 0.2) is 5.78 Å². The number of carboxylic acid groups (broad SMARTS) is 1. The fourth-order valence-electron chi connectivity index (χ4n) is 1.75. The minimum atomic E-state index is -1.03. The second-order valence-corrected chi connectivity index (χ2v) is 4.08. The second kappa shape index (κ2) is 4.84. The summed E-state index contributed by atoms with van der Waals surface area (Å²) in [5.74, 6) is -1.20. The monoisotopic (exact) mass is 240 g/mol. The van der Waals surface area contributed by atoms with E-state index in [0.29, 0.717) is 11.1 Å². The molecule has 0 heterocycles. The van der Waals surface area contributed by atoms with Crippen LogP contribution in [0, 0.1) is 6.92 Å². The van der Waals surface area contributed by atoms with Crippen LogP contribution in [-0.4, -0.2) is 16.9 Å². The third-order valence-electron chi connectivity index (χ3n) is 2.65. The number of aryl methyl sites for hydroxylation is 1. The van der Waals surface area contributed by atoms with Crippen LogP contribution >= 0.6 is 0 Å². The van der Waals surface area contributed by atoms with E-state index in [1.807, 2.05) is 19.1 Å². The Labute approximate surface area is 105 Å². The maximum atomic E-state index is 12.2. The molecule has 0 saturated heterocycles. The van der Waals surface area contributed by atoms with Gasteiger partial charge in [-0.2, -0.15) is 0 Å². The molecule has 2 aromatic rings. The lowest BCUT2D eigenvalue weighted by atomic mass is 10.00. The van der Waals surface area contributed by atoms with Crippen molar-refractivity contribution in [3.63, 3.8) is 0 Å². The number of aromatic carboxylic acids is 1. The minimum absolute atomic E-state index is 0.119. The Kier molecular flexibility index (Phi) is 3.24. The van der Waals surface area contributed by atoms with Crippen molar-refractivity contribution in [1.29, 1.82) is 0 Å². The summed E-state index contributed by atoms with van der Waals surface area (Å²) in [4.78, 5) is 23.0. The lowest BCUT2D eigenvalue weighted by Crippen LogP contribution is -2.04. The number of ketones is 1. The van der Waals surface area contributed by atoms with Gasteiger partial charge in [-0.25, -0.2) is 4.79 Å². The third kappa shape index (κ3) is 2.46. The molecule has 0 atom stereocenters. The Morgan fingerprint density at radius 1 is 0.889 bits per heavy atom. The van der Waals surface area contributed by atoms with E-state index >= 15 is 0 Å². The van der Waals surface area contributed by atoms with Crippen molar-refractivity contribution in [3.05, 3.63) is 70.8 Å². The summed E-state index contributed by atoms with van der Waals surface area (Å²) in [6.45, 7) is 1.91. The topological polar surface area (TPSA) is 54.4 Å². The number of benzene rings is 2. The summed E-state index contributed by atoms with van der Waals surface area (Å²) in [6.07, 6.45) is 0. The van der Waals surface area contributed by atoms with Crippen molar-refractivity contribution in [2.45, 2.75) is 6.92 Å². The lowest BCUT2D eigenvalue weighted by molar-refractivity contribution is 0.0697. The highest BCUT2D eigenvalue weighted by Gasteiger charge is 2.11. The maximum Gasteiger partial charge on any atom is 0.335 e. The van der Waals surface area contributed by atoms with Gasteiger partial charge in [0.25, 0.3) is 0 Å². The first-order chi connectivity index (χ1) is 8.58. The summed E-state index contributed by atoms with van der Waals surface area (Å²) in [7, 11) is 0. The van der Waals surface area contributed by atoms with Crippen molar-refractivity contribution in [1.82, 2.24) is 0 Å². The highest BCUT2D eigenvalue weighted by atomic mass is 16.4. The molecule has 0 aliphatic carbocycles. The average molecular weight is 240 g/mol. The zero-order valence-corrected chi connectivity index (χ0v) is 9.88. The number of carbonyl (C=O) groups is 2. The van der Waals surface area contributed by atoms with Crippen molar-refractivity contribution in [2.75, 3.05) is 0 Å². The first-order valence-corrected chi connectivity index (χ1v) is 5.52. The second-order valence-electron chi connectivity index (χ2n) is 4.08. The molecule has 0 fully saturated rings. The maximum absolute atomic E-state index is 12.2. The van der Waals surface area contributed by atoms with Gasteiger partial charge in [-0.1, -0.05) is 35.9 Å². The molecule has 0 amide bonds. The van der Waals surface area contributed by atoms with Gasteiger partial charge in [0.2, 0.25) is 0 Å². The predicted molar refractivity (Wildman–Crippen MR) is 68.0 cm³/mol. The quantitative estimate of drug-likeness (QED) is 0.839. The molecule has 2 aromatic carbocycles. The molecule has 18 heavy (non-hydrogen) atoms. The number of hydrogen-bond acceptors (Lipinski definition) is 2. The smallest absolute Gasteiger partial charge is 0.335 e. The highest BCUT2D eigenvalue weighted by molar-refractivity contribution is 6.09. The molecule has 3 heteroatoms. The van der Waals surface area contributed by atoms with E-state index in [-0.39, 0.29) is 11.3 Å². The van der Waals surface area contributed by atoms with Crippen LogP contribution < -0.4 is 0 Å². The standard InChI is InChI=1S/C15H12O3/c1-10-4-2-5-11(8-10)14(16)12-6-3-7-13(9-12)15(17)18/h2-9H,1H3,(H,17,18). The normalized spacial score (nSPS) is 10.1. The third-order valence-corrected chi connectivity index (χ3v) is 2.65. The van der Waals surface area contributed by atoms with Gasteiger partial charge in [-0.05, 0) is 25.1 Å². The van der Waals surface area contributed by atoms with Gasteiger partial charge < -0.3 is 5.11 Å². The van der Waals surface area contributed by atoms with E-state index in [4.69, 9.17) is 5.11 Å². The molecular formula is C15H12O3. The van der Waals surface area contributed by atoms with Crippen LogP contribution in [0.15, 0.2) is 48.5 Å². The summed E-state index contributed by atoms with van der Waals surface area (Å²) in [5.41, 5.74) is 2.07. The summed E-state index contributed by atoms with van der Waals surface area (Å²) in [6, 6.07) is 13.3. The molecule has 3 nitrogen and oxygen atoms in total. The molecule has 2 rings (SSSR count). The first kappa shape index (κ1) is 12.0. The average Bonchev–Trinajstić information content (AvgIpc) is 2.38. The van der Waals surface area contributed by atoms with E-state index in [1.54, 1.807) is 24.3 Å². The van der Waals surface area contributed by atoms with Crippen molar-refractivity contribution < 1.29 is 14.7 Å². The van der Waals surface area contributed by atoms with Crippen molar-refractivity contribution >= 4 is 11.8 Å². The van der Waals surface area contributed by atoms with Crippen LogP contribution in [0.4, 0.5) is 0 Å². The molecule has 0 unspecified atom stereocenters. The Bertz CT molecular complexity index is 615. The number of hydrogen-bond donors (Lipinski definition) is 1. The predicted octanol–water partition coefficient (Wildman–Crippen LogP) is 2.92. The van der Waals surface area contributed by atoms with E-state index in [2.05, 4.69) is 0 Å². The zero-order valence-electron chi connectivity index (χ0n) is 9.88. The van der Waals surface area contributed by atoms with Gasteiger partial charge >= 0.3 is 5.97 Å². The van der Waals surface area contributed by atoms with Crippen LogP contribution in [0.3, 0.4) is 0 Å². The minimum Gasteiger partial charge on any atom is -0.478 e. The fraction of sp³-hybridized carbons (Fsp3) is 0.0667. The summed E-state index contributed by atoms with van der Waals surface area (Å²) in [5, 5.41) is 8.89. The molecule has 0 aromatic heterocycles.